The predicted octanol–water partition coefficient (Wildman–Crippen LogP) is 6.56. The van der Waals surface area contributed by atoms with Gasteiger partial charge in [-0.1, -0.05) is 36.4 Å². The third-order valence-electron chi connectivity index (χ3n) is 6.88. The number of carbonyl (C=O) groups excluding carboxylic acids is 1. The summed E-state index contributed by atoms with van der Waals surface area (Å²) in [6, 6.07) is 15.7. The molecule has 1 aliphatic heterocycles. The van der Waals surface area contributed by atoms with E-state index in [4.69, 9.17) is 9.47 Å². The summed E-state index contributed by atoms with van der Waals surface area (Å²) in [6.45, 7) is -0.156. The first-order valence-electron chi connectivity index (χ1n) is 13.3. The molecule has 2 heterocycles. The molecule has 1 aliphatic rings. The third-order valence-corrected chi connectivity index (χ3v) is 8.01. The number of aliphatic hydroxyl groups excluding tert-OH is 1. The van der Waals surface area contributed by atoms with Gasteiger partial charge in [-0.3, -0.25) is 4.79 Å². The lowest BCUT2D eigenvalue weighted by Crippen LogP contribution is -2.31. The maximum atomic E-state index is 14.2. The minimum Gasteiger partial charge on any atom is -0.478 e. The van der Waals surface area contributed by atoms with Gasteiger partial charge in [0, 0.05) is 29.6 Å². The second kappa shape index (κ2) is 13.7. The van der Waals surface area contributed by atoms with E-state index < -0.39 is 65.0 Å². The number of carboxylic acid groups (broad SMARTS) is 1. The van der Waals surface area contributed by atoms with Crippen molar-refractivity contribution in [2.24, 2.45) is 0 Å². The van der Waals surface area contributed by atoms with Gasteiger partial charge in [0.25, 0.3) is 5.91 Å². The summed E-state index contributed by atoms with van der Waals surface area (Å²) in [6.07, 6.45) is -0.267. The molecule has 1 aromatic heterocycles. The van der Waals surface area contributed by atoms with E-state index in [-0.39, 0.29) is 23.6 Å². The number of pyridine rings is 1. The third kappa shape index (κ3) is 6.99. The number of ether oxygens (including phenoxy) is 2. The number of carbonyl (C=O) groups is 2. The SMILES string of the molecule is O=C(O)c1cccnc1SC[C@@H]1C[C@H](c2ccc(CO)cc2)O[C@H](c2cccc(NC(=O)c3c(F)c(F)c(F)c(F)c3F)c2)O1. The second-order valence-electron chi connectivity index (χ2n) is 9.85. The normalized spacial score (nSPS) is 18.0. The summed E-state index contributed by atoms with van der Waals surface area (Å²) in [4.78, 5) is 28.4. The number of aromatic carboxylic acids is 1. The highest BCUT2D eigenvalue weighted by atomic mass is 32.2. The first kappa shape index (κ1) is 32.0. The number of aromatic nitrogens is 1. The molecule has 1 fully saturated rings. The molecule has 0 saturated carbocycles. The molecule has 234 valence electrons. The number of benzene rings is 3. The Morgan fingerprint density at radius 2 is 1.58 bits per heavy atom. The lowest BCUT2D eigenvalue weighted by molar-refractivity contribution is -0.245. The molecule has 4 aromatic rings. The number of aliphatic hydroxyl groups is 1. The number of hydrogen-bond donors (Lipinski definition) is 3. The minimum atomic E-state index is -2.38. The molecule has 14 heteroatoms. The number of nitrogens with zero attached hydrogens (tertiary/aromatic N) is 1. The number of nitrogens with one attached hydrogen (secondary N) is 1. The average molecular weight is 647 g/mol. The van der Waals surface area contributed by atoms with Crippen molar-refractivity contribution < 1.29 is 51.2 Å². The van der Waals surface area contributed by atoms with Crippen LogP contribution in [0.3, 0.4) is 0 Å². The number of carboxylic acids is 1. The number of rotatable bonds is 9. The van der Waals surface area contributed by atoms with E-state index in [1.54, 1.807) is 30.3 Å². The van der Waals surface area contributed by atoms with E-state index >= 15 is 0 Å². The van der Waals surface area contributed by atoms with Crippen LogP contribution in [0, 0.1) is 29.1 Å². The molecule has 8 nitrogen and oxygen atoms in total. The molecule has 0 bridgehead atoms. The summed E-state index contributed by atoms with van der Waals surface area (Å²) in [5.74, 6) is -13.8. The fraction of sp³-hybridized carbons (Fsp3) is 0.194. The number of halogens is 5. The van der Waals surface area contributed by atoms with Crippen molar-refractivity contribution in [2.45, 2.75) is 36.6 Å². The van der Waals surface area contributed by atoms with Gasteiger partial charge in [-0.05, 0) is 35.4 Å². The smallest absolute Gasteiger partial charge is 0.338 e. The van der Waals surface area contributed by atoms with Gasteiger partial charge in [0.15, 0.2) is 29.6 Å². The Balaban J connectivity index is 1.40. The van der Waals surface area contributed by atoms with Crippen LogP contribution in [0.15, 0.2) is 71.9 Å². The molecule has 1 saturated heterocycles. The zero-order valence-corrected chi connectivity index (χ0v) is 23.8. The number of amides is 1. The minimum absolute atomic E-state index is 0.0273. The Bertz CT molecular complexity index is 1710. The number of anilines is 1. The van der Waals surface area contributed by atoms with Crippen molar-refractivity contribution in [3.05, 3.63) is 124 Å². The summed E-state index contributed by atoms with van der Waals surface area (Å²) in [5.41, 5.74) is 0.132. The Labute approximate surface area is 256 Å². The van der Waals surface area contributed by atoms with E-state index in [1.165, 1.54) is 48.3 Å². The quantitative estimate of drug-likeness (QED) is 0.0811. The summed E-state index contributed by atoms with van der Waals surface area (Å²) in [7, 11) is 0. The molecule has 3 N–H and O–H groups in total. The molecule has 3 atom stereocenters. The Kier molecular flexibility index (Phi) is 9.77. The van der Waals surface area contributed by atoms with Crippen molar-refractivity contribution in [2.75, 3.05) is 11.1 Å². The molecule has 1 amide bonds. The first-order chi connectivity index (χ1) is 21.6. The molecule has 0 unspecified atom stereocenters. The summed E-state index contributed by atoms with van der Waals surface area (Å²) < 4.78 is 81.6. The van der Waals surface area contributed by atoms with Gasteiger partial charge in [-0.15, -0.1) is 11.8 Å². The maximum Gasteiger partial charge on any atom is 0.338 e. The summed E-state index contributed by atoms with van der Waals surface area (Å²) >= 11 is 1.18. The van der Waals surface area contributed by atoms with Crippen molar-refractivity contribution in [1.29, 1.82) is 0 Å². The monoisotopic (exact) mass is 646 g/mol. The van der Waals surface area contributed by atoms with E-state index in [0.717, 1.165) is 5.56 Å². The Hall–Kier alpha value is -4.37. The summed E-state index contributed by atoms with van der Waals surface area (Å²) in [5, 5.41) is 21.4. The lowest BCUT2D eigenvalue weighted by Gasteiger charge is -2.36. The van der Waals surface area contributed by atoms with Crippen LogP contribution in [0.5, 0.6) is 0 Å². The fourth-order valence-electron chi connectivity index (χ4n) is 4.62. The van der Waals surface area contributed by atoms with Crippen molar-refractivity contribution >= 4 is 29.3 Å². The van der Waals surface area contributed by atoms with E-state index in [0.29, 0.717) is 22.6 Å². The zero-order chi connectivity index (χ0) is 32.2. The lowest BCUT2D eigenvalue weighted by atomic mass is 10.0. The van der Waals surface area contributed by atoms with Crippen LogP contribution in [0.25, 0.3) is 0 Å². The van der Waals surface area contributed by atoms with Crippen LogP contribution < -0.4 is 5.32 Å². The topological polar surface area (TPSA) is 118 Å². The average Bonchev–Trinajstić information content (AvgIpc) is 3.05. The van der Waals surface area contributed by atoms with Gasteiger partial charge < -0.3 is 25.0 Å². The van der Waals surface area contributed by atoms with Crippen molar-refractivity contribution in [3.63, 3.8) is 0 Å². The van der Waals surface area contributed by atoms with Crippen LogP contribution in [0.1, 0.15) is 56.2 Å². The second-order valence-corrected chi connectivity index (χ2v) is 10.9. The molecular formula is C31H23F5N2O6S. The highest BCUT2D eigenvalue weighted by Gasteiger charge is 2.33. The molecule has 5 rings (SSSR count). The standard InChI is InChI=1S/C31H23F5N2O6S/c32-23-22(24(33)26(35)27(36)25(23)34)28(40)38-18-4-1-3-17(11-18)31-43-19(14-45-29-20(30(41)42)5-2-10-37-29)12-21(44-31)16-8-6-15(13-39)7-9-16/h1-11,19,21,31,39H,12-14H2,(H,38,40)(H,41,42)/t19-,21+,31+/m0/s1. The molecule has 45 heavy (non-hydrogen) atoms. The Morgan fingerprint density at radius 3 is 2.24 bits per heavy atom. The number of thioether (sulfide) groups is 1. The van der Waals surface area contributed by atoms with Crippen LogP contribution in [0.4, 0.5) is 27.6 Å². The zero-order valence-electron chi connectivity index (χ0n) is 23.0. The highest BCUT2D eigenvalue weighted by molar-refractivity contribution is 7.99. The predicted molar refractivity (Wildman–Crippen MR) is 151 cm³/mol. The van der Waals surface area contributed by atoms with Gasteiger partial charge in [0.1, 0.15) is 10.6 Å². The van der Waals surface area contributed by atoms with Gasteiger partial charge in [0.2, 0.25) is 5.82 Å². The molecule has 0 radical (unpaired) electrons. The number of hydrogen-bond acceptors (Lipinski definition) is 7. The molecule has 0 aliphatic carbocycles. The molecular weight excluding hydrogens is 623 g/mol. The van der Waals surface area contributed by atoms with Crippen LogP contribution in [0.2, 0.25) is 0 Å². The van der Waals surface area contributed by atoms with Crippen LogP contribution in [-0.4, -0.2) is 38.9 Å². The van der Waals surface area contributed by atoms with E-state index in [9.17, 15) is 41.8 Å². The molecule has 0 spiro atoms. The molecule has 3 aromatic carbocycles. The van der Waals surface area contributed by atoms with Crippen molar-refractivity contribution in [3.8, 4) is 0 Å². The van der Waals surface area contributed by atoms with E-state index in [2.05, 4.69) is 10.3 Å². The highest BCUT2D eigenvalue weighted by Crippen LogP contribution is 2.40. The largest absolute Gasteiger partial charge is 0.478 e. The van der Waals surface area contributed by atoms with Crippen LogP contribution >= 0.6 is 11.8 Å². The van der Waals surface area contributed by atoms with Crippen LogP contribution in [-0.2, 0) is 16.1 Å². The van der Waals surface area contributed by atoms with Gasteiger partial charge in [0.05, 0.1) is 24.4 Å². The van der Waals surface area contributed by atoms with Gasteiger partial charge >= 0.3 is 5.97 Å². The maximum absolute atomic E-state index is 14.2. The van der Waals surface area contributed by atoms with E-state index in [1.807, 2.05) is 0 Å². The van der Waals surface area contributed by atoms with Gasteiger partial charge in [-0.2, -0.15) is 0 Å². The van der Waals surface area contributed by atoms with Gasteiger partial charge in [-0.25, -0.2) is 31.7 Å². The Morgan fingerprint density at radius 1 is 0.889 bits per heavy atom. The van der Waals surface area contributed by atoms with Crippen molar-refractivity contribution in [1.82, 2.24) is 4.98 Å². The fourth-order valence-corrected chi connectivity index (χ4v) is 5.63. The first-order valence-corrected chi connectivity index (χ1v) is 14.3.